The van der Waals surface area contributed by atoms with Crippen LogP contribution in [0.25, 0.3) is 0 Å². The smallest absolute Gasteiger partial charge is 0.166 e. The molecule has 0 unspecified atom stereocenters. The Morgan fingerprint density at radius 1 is 0.458 bits per heavy atom. The predicted molar refractivity (Wildman–Crippen MR) is 57.4 cm³/mol. The third kappa shape index (κ3) is 7.50. The lowest BCUT2D eigenvalue weighted by atomic mass is 10.2. The van der Waals surface area contributed by atoms with Crippen molar-refractivity contribution in [3.63, 3.8) is 0 Å². The van der Waals surface area contributed by atoms with E-state index in [0.29, 0.717) is 0 Å². The van der Waals surface area contributed by atoms with Gasteiger partial charge >= 0.3 is 24.7 Å². The Morgan fingerprint density at radius 2 is 0.667 bits per heavy atom. The number of hydrogen-bond acceptors (Lipinski definition) is 2. The van der Waals surface area contributed by atoms with E-state index in [-0.39, 0.29) is 12.4 Å². The van der Waals surface area contributed by atoms with Gasteiger partial charge in [-0.25, -0.2) is 0 Å². The van der Waals surface area contributed by atoms with Crippen molar-refractivity contribution in [1.82, 2.24) is 0 Å². The topological polar surface area (TPSA) is 24.7 Å². The Bertz CT molecular complexity index is 456. The third-order valence-electron chi connectivity index (χ3n) is 1.90. The van der Waals surface area contributed by atoms with Crippen LogP contribution in [0.15, 0.2) is 33.5 Å². The highest BCUT2D eigenvalue weighted by Gasteiger charge is 2.51. The Labute approximate surface area is 124 Å². The summed E-state index contributed by atoms with van der Waals surface area (Å²) in [7, 11) is 0. The third-order valence-corrected chi connectivity index (χ3v) is 1.90. The molecule has 0 fully saturated rings. The molecule has 138 valence electrons. The summed E-state index contributed by atoms with van der Waals surface area (Å²) in [6.45, 7) is 0. The van der Waals surface area contributed by atoms with Crippen LogP contribution in [0.3, 0.4) is 0 Å². The normalized spacial score (nSPS) is 14.3. The van der Waals surface area contributed by atoms with E-state index >= 15 is 0 Å². The van der Waals surface area contributed by atoms with E-state index in [4.69, 9.17) is 0 Å². The molecule has 0 aliphatic rings. The maximum atomic E-state index is 12.0. The monoisotopic (exact) mass is 380 g/mol. The first-order valence-corrected chi connectivity index (χ1v) is 5.23. The molecule has 0 aliphatic heterocycles. The van der Waals surface area contributed by atoms with Gasteiger partial charge in [0.25, 0.3) is 0 Å². The number of hydrogen-bond donors (Lipinski definition) is 0. The van der Waals surface area contributed by atoms with E-state index in [9.17, 15) is 52.7 Å². The Morgan fingerprint density at radius 3 is 0.833 bits per heavy atom. The highest BCUT2D eigenvalue weighted by atomic mass is 19.4. The van der Waals surface area contributed by atoms with Crippen molar-refractivity contribution in [2.75, 3.05) is 0 Å². The summed E-state index contributed by atoms with van der Waals surface area (Å²) < 4.78 is 144. The van der Waals surface area contributed by atoms with Gasteiger partial charge in [0, 0.05) is 0 Å². The quantitative estimate of drug-likeness (QED) is 0.368. The lowest BCUT2D eigenvalue weighted by Gasteiger charge is -2.13. The SMILES string of the molecule is FC(F)(F)C(=CC=NN=CC=C(C(F)(F)F)C(F)(F)F)C(F)(F)F. The van der Waals surface area contributed by atoms with Gasteiger partial charge in [0.15, 0.2) is 0 Å². The molecule has 0 aromatic carbocycles. The molecule has 2 nitrogen and oxygen atoms in total. The van der Waals surface area contributed by atoms with Crippen molar-refractivity contribution in [2.45, 2.75) is 24.7 Å². The summed E-state index contributed by atoms with van der Waals surface area (Å²) in [6, 6.07) is 0. The van der Waals surface area contributed by atoms with Crippen molar-refractivity contribution in [3.8, 4) is 0 Å². The summed E-state index contributed by atoms with van der Waals surface area (Å²) in [4.78, 5) is 0. The molecule has 0 bridgehead atoms. The van der Waals surface area contributed by atoms with E-state index in [2.05, 4.69) is 10.2 Å². The largest absolute Gasteiger partial charge is 0.421 e. The molecule has 0 saturated heterocycles. The molecule has 0 rings (SSSR count). The fraction of sp³-hybridized carbons (Fsp3) is 0.400. The molecule has 0 atom stereocenters. The van der Waals surface area contributed by atoms with E-state index in [1.807, 2.05) is 0 Å². The molecule has 0 spiro atoms. The number of halogens is 12. The zero-order valence-corrected chi connectivity index (χ0v) is 10.7. The fourth-order valence-corrected chi connectivity index (χ4v) is 0.992. The first-order chi connectivity index (χ1) is 10.5. The van der Waals surface area contributed by atoms with Gasteiger partial charge in [0.2, 0.25) is 0 Å². The molecule has 0 aromatic heterocycles. The molecular weight excluding hydrogens is 376 g/mol. The van der Waals surface area contributed by atoms with Crippen LogP contribution in [0.1, 0.15) is 0 Å². The van der Waals surface area contributed by atoms with Crippen molar-refractivity contribution >= 4 is 12.4 Å². The van der Waals surface area contributed by atoms with E-state index < -0.39 is 48.0 Å². The minimum atomic E-state index is -5.80. The van der Waals surface area contributed by atoms with Crippen molar-refractivity contribution in [2.24, 2.45) is 10.2 Å². The molecular formula is C10H4F12N2. The Balaban J connectivity index is 5.32. The molecule has 0 aliphatic carbocycles. The number of rotatable bonds is 3. The van der Waals surface area contributed by atoms with Crippen LogP contribution < -0.4 is 0 Å². The zero-order valence-electron chi connectivity index (χ0n) is 10.7. The first-order valence-electron chi connectivity index (χ1n) is 5.23. The molecule has 0 amide bonds. The molecule has 0 aromatic rings. The van der Waals surface area contributed by atoms with Crippen LogP contribution in [0, 0.1) is 0 Å². The number of alkyl halides is 12. The lowest BCUT2D eigenvalue weighted by Crippen LogP contribution is -2.26. The number of allylic oxidation sites excluding steroid dienone is 4. The van der Waals surface area contributed by atoms with Gasteiger partial charge in [-0.05, 0) is 12.2 Å². The highest BCUT2D eigenvalue weighted by molar-refractivity contribution is 5.76. The molecule has 0 heterocycles. The Hall–Kier alpha value is -2.02. The van der Waals surface area contributed by atoms with Crippen molar-refractivity contribution in [1.29, 1.82) is 0 Å². The average Bonchev–Trinajstić information content (AvgIpc) is 2.25. The van der Waals surface area contributed by atoms with Gasteiger partial charge in [-0.1, -0.05) is 0 Å². The van der Waals surface area contributed by atoms with Crippen LogP contribution in [-0.2, 0) is 0 Å². The van der Waals surface area contributed by atoms with Crippen LogP contribution >= 0.6 is 0 Å². The molecule has 0 radical (unpaired) electrons. The van der Waals surface area contributed by atoms with E-state index in [1.54, 1.807) is 0 Å². The van der Waals surface area contributed by atoms with Crippen LogP contribution in [0.5, 0.6) is 0 Å². The van der Waals surface area contributed by atoms with Crippen LogP contribution in [0.4, 0.5) is 52.7 Å². The average molecular weight is 380 g/mol. The molecule has 14 heteroatoms. The van der Waals surface area contributed by atoms with Crippen molar-refractivity contribution in [3.05, 3.63) is 23.3 Å². The number of nitrogens with zero attached hydrogens (tertiary/aromatic N) is 2. The van der Waals surface area contributed by atoms with Gasteiger partial charge in [0.05, 0.1) is 12.4 Å². The summed E-state index contributed by atoms with van der Waals surface area (Å²) in [6.07, 6.45) is -24.8. The van der Waals surface area contributed by atoms with Gasteiger partial charge < -0.3 is 0 Å². The van der Waals surface area contributed by atoms with E-state index in [1.165, 1.54) is 0 Å². The van der Waals surface area contributed by atoms with Gasteiger partial charge in [-0.15, -0.1) is 0 Å². The fourth-order valence-electron chi connectivity index (χ4n) is 0.992. The highest BCUT2D eigenvalue weighted by Crippen LogP contribution is 2.39. The summed E-state index contributed by atoms with van der Waals surface area (Å²) in [5, 5.41) is 4.93. The lowest BCUT2D eigenvalue weighted by molar-refractivity contribution is -0.173. The maximum Gasteiger partial charge on any atom is 0.421 e. The molecule has 24 heavy (non-hydrogen) atoms. The summed E-state index contributed by atoms with van der Waals surface area (Å²) >= 11 is 0. The van der Waals surface area contributed by atoms with Gasteiger partial charge in [-0.3, -0.25) is 0 Å². The summed E-state index contributed by atoms with van der Waals surface area (Å²) in [5.74, 6) is 0. The second-order valence-electron chi connectivity index (χ2n) is 3.68. The first kappa shape index (κ1) is 22.0. The standard InChI is InChI=1S/C10H4F12N2/c11-7(12,13)5(8(14,15)16)1-3-23-24-4-2-6(9(17,18)19)10(20,21)22/h1-4H. The van der Waals surface area contributed by atoms with Crippen LogP contribution in [-0.4, -0.2) is 37.1 Å². The van der Waals surface area contributed by atoms with Crippen LogP contribution in [0.2, 0.25) is 0 Å². The minimum Gasteiger partial charge on any atom is -0.166 e. The summed E-state index contributed by atoms with van der Waals surface area (Å²) in [5.41, 5.74) is -5.98. The zero-order chi connectivity index (χ0) is 19.4. The second kappa shape index (κ2) is 7.25. The van der Waals surface area contributed by atoms with Gasteiger partial charge in [0.1, 0.15) is 11.1 Å². The predicted octanol–water partition coefficient (Wildman–Crippen LogP) is 5.15. The minimum absolute atomic E-state index is 0.193. The van der Waals surface area contributed by atoms with Gasteiger partial charge in [-0.2, -0.15) is 62.9 Å². The molecule has 0 saturated carbocycles. The van der Waals surface area contributed by atoms with E-state index in [0.717, 1.165) is 0 Å². The molecule has 0 N–H and O–H groups in total. The maximum absolute atomic E-state index is 12.0. The van der Waals surface area contributed by atoms with Crippen molar-refractivity contribution < 1.29 is 52.7 Å². The second-order valence-corrected chi connectivity index (χ2v) is 3.68. The Kier molecular flexibility index (Phi) is 6.64.